The van der Waals surface area contributed by atoms with Gasteiger partial charge in [0.15, 0.2) is 11.5 Å². The lowest BCUT2D eigenvalue weighted by molar-refractivity contribution is 0.00535. The lowest BCUT2D eigenvalue weighted by Crippen LogP contribution is -2.44. The normalized spacial score (nSPS) is 33.2. The van der Waals surface area contributed by atoms with Crippen molar-refractivity contribution in [3.05, 3.63) is 45.6 Å². The number of likely N-dealkylation sites (tertiary alicyclic amines) is 1. The van der Waals surface area contributed by atoms with Gasteiger partial charge in [-0.05, 0) is 55.0 Å². The van der Waals surface area contributed by atoms with Gasteiger partial charge >= 0.3 is 0 Å². The molecule has 0 aromatic rings. The molecule has 0 amide bonds. The van der Waals surface area contributed by atoms with Crippen LogP contribution in [-0.4, -0.2) is 70.3 Å². The van der Waals surface area contributed by atoms with Crippen molar-refractivity contribution in [1.82, 2.24) is 4.90 Å². The van der Waals surface area contributed by atoms with Crippen LogP contribution < -0.4 is 0 Å². The van der Waals surface area contributed by atoms with Gasteiger partial charge in [0.1, 0.15) is 18.0 Å². The Hall–Kier alpha value is -1.76. The molecule has 1 heterocycles. The minimum absolute atomic E-state index is 0.166. The molecule has 1 saturated heterocycles. The van der Waals surface area contributed by atoms with Crippen LogP contribution in [0.15, 0.2) is 45.6 Å². The number of aliphatic hydroxyl groups excluding tert-OH is 1. The molecule has 0 bridgehead atoms. The van der Waals surface area contributed by atoms with Crippen LogP contribution in [0, 0.1) is 5.92 Å². The second-order valence-electron chi connectivity index (χ2n) is 8.02. The van der Waals surface area contributed by atoms with Crippen molar-refractivity contribution in [3.8, 4) is 0 Å². The topological polar surface area (TPSA) is 60.4 Å². The summed E-state index contributed by atoms with van der Waals surface area (Å²) < 4.78 is 22.9. The zero-order valence-electron chi connectivity index (χ0n) is 17.4. The third-order valence-corrected chi connectivity index (χ3v) is 6.80. The quantitative estimate of drug-likeness (QED) is 0.797. The van der Waals surface area contributed by atoms with Gasteiger partial charge in [-0.1, -0.05) is 0 Å². The molecule has 0 saturated carbocycles. The molecule has 28 heavy (non-hydrogen) atoms. The first-order valence-corrected chi connectivity index (χ1v) is 10.0. The number of hydrogen-bond acceptors (Lipinski definition) is 6. The highest BCUT2D eigenvalue weighted by Crippen LogP contribution is 2.50. The van der Waals surface area contributed by atoms with Gasteiger partial charge in [-0.3, -0.25) is 4.90 Å². The molecule has 154 valence electrons. The van der Waals surface area contributed by atoms with E-state index in [0.717, 1.165) is 43.4 Å². The lowest BCUT2D eigenvalue weighted by atomic mass is 9.74. The number of methoxy groups -OCH3 is 4. The molecular formula is C22H31NO5. The molecule has 4 atom stereocenters. The molecule has 6 nitrogen and oxygen atoms in total. The van der Waals surface area contributed by atoms with Crippen LogP contribution in [0.2, 0.25) is 0 Å². The van der Waals surface area contributed by atoms with E-state index in [1.807, 2.05) is 0 Å². The highest BCUT2D eigenvalue weighted by Gasteiger charge is 2.46. The zero-order valence-corrected chi connectivity index (χ0v) is 17.4. The van der Waals surface area contributed by atoms with Crippen molar-refractivity contribution < 1.29 is 24.1 Å². The van der Waals surface area contributed by atoms with Gasteiger partial charge in [-0.25, -0.2) is 0 Å². The van der Waals surface area contributed by atoms with Gasteiger partial charge in [0.25, 0.3) is 0 Å². The number of allylic oxidation sites excluding steroid dienone is 1. The standard InChI is InChI=1S/C22H31NO5/c1-23-9-8-13-11-15(25-2)21(27-4)19-17(13)14(23)7-6-12-10-16(26-3)22(28-5)20(24)18(12)19/h11-12,14-15,21,24H,6-10H2,1-5H3/t12-,14-,15+,21+/m0/s1. The number of hydrogen-bond donors (Lipinski definition) is 1. The van der Waals surface area contributed by atoms with Crippen LogP contribution >= 0.6 is 0 Å². The second kappa shape index (κ2) is 7.58. The predicted molar refractivity (Wildman–Crippen MR) is 106 cm³/mol. The van der Waals surface area contributed by atoms with E-state index in [2.05, 4.69) is 18.0 Å². The van der Waals surface area contributed by atoms with E-state index in [1.54, 1.807) is 28.4 Å². The van der Waals surface area contributed by atoms with Gasteiger partial charge in [0, 0.05) is 38.8 Å². The van der Waals surface area contributed by atoms with Crippen LogP contribution in [0.1, 0.15) is 25.7 Å². The third-order valence-electron chi connectivity index (χ3n) is 6.80. The Morgan fingerprint density at radius 2 is 1.79 bits per heavy atom. The van der Waals surface area contributed by atoms with Crippen LogP contribution in [0.4, 0.5) is 0 Å². The van der Waals surface area contributed by atoms with Gasteiger partial charge in [0.2, 0.25) is 0 Å². The Kier molecular flexibility index (Phi) is 5.29. The van der Waals surface area contributed by atoms with E-state index in [9.17, 15) is 5.11 Å². The zero-order chi connectivity index (χ0) is 20.0. The summed E-state index contributed by atoms with van der Waals surface area (Å²) in [5, 5.41) is 11.3. The minimum atomic E-state index is -0.252. The number of likely N-dealkylation sites (N-methyl/N-ethyl adjacent to an activating group) is 1. The summed E-state index contributed by atoms with van der Waals surface area (Å²) in [7, 11) is 8.85. The Balaban J connectivity index is 1.98. The highest BCUT2D eigenvalue weighted by molar-refractivity contribution is 5.59. The average Bonchev–Trinajstić information content (AvgIpc) is 2.88. The van der Waals surface area contributed by atoms with Crippen molar-refractivity contribution in [2.24, 2.45) is 5.92 Å². The molecule has 4 aliphatic rings. The molecule has 1 N–H and O–H groups in total. The number of ether oxygens (including phenoxy) is 4. The average molecular weight is 389 g/mol. The number of aliphatic hydroxyl groups is 1. The number of piperidine rings is 1. The highest BCUT2D eigenvalue weighted by atomic mass is 16.5. The molecule has 0 radical (unpaired) electrons. The van der Waals surface area contributed by atoms with Crippen LogP contribution in [0.25, 0.3) is 0 Å². The number of rotatable bonds is 4. The van der Waals surface area contributed by atoms with Gasteiger partial charge in [-0.15, -0.1) is 0 Å². The van der Waals surface area contributed by atoms with Crippen molar-refractivity contribution in [3.63, 3.8) is 0 Å². The number of fused-ring (bicyclic) bond motifs is 2. The molecule has 3 aliphatic carbocycles. The van der Waals surface area contributed by atoms with Crippen molar-refractivity contribution in [2.45, 2.75) is 43.9 Å². The summed E-state index contributed by atoms with van der Waals surface area (Å²) in [6, 6.07) is 0.327. The predicted octanol–water partition coefficient (Wildman–Crippen LogP) is 3.09. The van der Waals surface area contributed by atoms with Gasteiger partial charge in [0.05, 0.1) is 14.2 Å². The summed E-state index contributed by atoms with van der Waals surface area (Å²) in [5.41, 5.74) is 4.69. The molecular weight excluding hydrogens is 358 g/mol. The maximum atomic E-state index is 11.3. The van der Waals surface area contributed by atoms with Crippen LogP contribution in [0.5, 0.6) is 0 Å². The fourth-order valence-electron chi connectivity index (χ4n) is 5.46. The molecule has 1 aliphatic heterocycles. The largest absolute Gasteiger partial charge is 0.504 e. The Bertz CT molecular complexity index is 778. The summed E-state index contributed by atoms with van der Waals surface area (Å²) in [5.74, 6) is 1.50. The van der Waals surface area contributed by atoms with Crippen LogP contribution in [0.3, 0.4) is 0 Å². The number of nitrogens with zero attached hydrogens (tertiary/aromatic N) is 1. The fraction of sp³-hybridized carbons (Fsp3) is 0.636. The van der Waals surface area contributed by atoms with Crippen molar-refractivity contribution >= 4 is 0 Å². The molecule has 1 fully saturated rings. The second-order valence-corrected chi connectivity index (χ2v) is 8.02. The minimum Gasteiger partial charge on any atom is -0.504 e. The van der Waals surface area contributed by atoms with E-state index < -0.39 is 0 Å². The van der Waals surface area contributed by atoms with Crippen LogP contribution in [-0.2, 0) is 18.9 Å². The monoisotopic (exact) mass is 389 g/mol. The van der Waals surface area contributed by atoms with Gasteiger partial charge in [-0.2, -0.15) is 0 Å². The first-order valence-electron chi connectivity index (χ1n) is 10.0. The Labute approximate surface area is 167 Å². The fourth-order valence-corrected chi connectivity index (χ4v) is 5.46. The molecule has 0 spiro atoms. The maximum absolute atomic E-state index is 11.3. The first kappa shape index (κ1) is 19.6. The Morgan fingerprint density at radius 1 is 1.00 bits per heavy atom. The molecule has 0 unspecified atom stereocenters. The van der Waals surface area contributed by atoms with Gasteiger partial charge < -0.3 is 24.1 Å². The maximum Gasteiger partial charge on any atom is 0.198 e. The smallest absolute Gasteiger partial charge is 0.198 e. The summed E-state index contributed by atoms with van der Waals surface area (Å²) in [4.78, 5) is 2.43. The SMILES string of the molecule is COC1=C(OC)C(O)=C2C3=C4C(=C[C@@H](OC)[C@H]3OC)CCN(C)[C@H]4CC[C@H]2C1. The van der Waals surface area contributed by atoms with E-state index in [-0.39, 0.29) is 23.9 Å². The van der Waals surface area contributed by atoms with E-state index in [0.29, 0.717) is 17.6 Å². The van der Waals surface area contributed by atoms with E-state index >= 15 is 0 Å². The Morgan fingerprint density at radius 3 is 2.43 bits per heavy atom. The molecule has 4 rings (SSSR count). The first-order chi connectivity index (χ1) is 13.5. The third kappa shape index (κ3) is 2.81. The summed E-state index contributed by atoms with van der Waals surface area (Å²) in [6.45, 7) is 1.03. The molecule has 0 aromatic carbocycles. The lowest BCUT2D eigenvalue weighted by Gasteiger charge is -2.42. The van der Waals surface area contributed by atoms with E-state index in [1.165, 1.54) is 11.1 Å². The summed E-state index contributed by atoms with van der Waals surface area (Å²) in [6.07, 6.45) is 5.53. The summed E-state index contributed by atoms with van der Waals surface area (Å²) >= 11 is 0. The van der Waals surface area contributed by atoms with Crippen molar-refractivity contribution in [2.75, 3.05) is 42.0 Å². The van der Waals surface area contributed by atoms with Crippen molar-refractivity contribution in [1.29, 1.82) is 0 Å². The molecule has 6 heteroatoms. The molecule has 0 aromatic heterocycles. The van der Waals surface area contributed by atoms with E-state index in [4.69, 9.17) is 18.9 Å².